The van der Waals surface area contributed by atoms with Gasteiger partial charge in [-0.1, -0.05) is 72.3 Å². The van der Waals surface area contributed by atoms with E-state index in [4.69, 9.17) is 21.1 Å². The van der Waals surface area contributed by atoms with Crippen LogP contribution in [-0.2, 0) is 19.7 Å². The molecular formula is C29H26ClNO3. The molecule has 172 valence electrons. The summed E-state index contributed by atoms with van der Waals surface area (Å²) in [6.07, 6.45) is 0. The molecule has 4 aromatic rings. The summed E-state index contributed by atoms with van der Waals surface area (Å²) in [5, 5.41) is 0.648. The smallest absolute Gasteiger partial charge is 0.254 e. The number of benzene rings is 4. The lowest BCUT2D eigenvalue weighted by Crippen LogP contribution is -2.30. The highest BCUT2D eigenvalue weighted by Gasteiger charge is 2.19. The van der Waals surface area contributed by atoms with Gasteiger partial charge in [0.2, 0.25) is 0 Å². The molecule has 0 N–H and O–H groups in total. The van der Waals surface area contributed by atoms with Crippen molar-refractivity contribution in [2.24, 2.45) is 0 Å². The number of ether oxygens (including phenoxy) is 2. The molecular weight excluding hydrogens is 446 g/mol. The summed E-state index contributed by atoms with van der Waals surface area (Å²) in [5.41, 5.74) is 3.53. The van der Waals surface area contributed by atoms with Crippen molar-refractivity contribution in [1.82, 2.24) is 4.90 Å². The predicted molar refractivity (Wildman–Crippen MR) is 135 cm³/mol. The van der Waals surface area contributed by atoms with Gasteiger partial charge in [0.15, 0.2) is 0 Å². The second-order valence-corrected chi connectivity index (χ2v) is 8.34. The summed E-state index contributed by atoms with van der Waals surface area (Å²) in [6, 6.07) is 32.7. The van der Waals surface area contributed by atoms with E-state index in [1.165, 1.54) is 0 Å². The average Bonchev–Trinajstić information content (AvgIpc) is 2.88. The molecule has 0 bridgehead atoms. The Labute approximate surface area is 205 Å². The Hall–Kier alpha value is -3.76. The Kier molecular flexibility index (Phi) is 7.84. The van der Waals surface area contributed by atoms with Crippen molar-refractivity contribution in [1.29, 1.82) is 0 Å². The van der Waals surface area contributed by atoms with E-state index in [0.29, 0.717) is 35.2 Å². The topological polar surface area (TPSA) is 38.8 Å². The van der Waals surface area contributed by atoms with Gasteiger partial charge in [0.1, 0.15) is 18.1 Å². The van der Waals surface area contributed by atoms with E-state index < -0.39 is 0 Å². The van der Waals surface area contributed by atoms with Crippen LogP contribution in [0.25, 0.3) is 0 Å². The van der Waals surface area contributed by atoms with Crippen LogP contribution >= 0.6 is 11.6 Å². The van der Waals surface area contributed by atoms with E-state index in [2.05, 4.69) is 0 Å². The Morgan fingerprint density at radius 3 is 1.94 bits per heavy atom. The van der Waals surface area contributed by atoms with Gasteiger partial charge in [-0.3, -0.25) is 4.79 Å². The van der Waals surface area contributed by atoms with Gasteiger partial charge in [-0.25, -0.2) is 0 Å². The fourth-order valence-corrected chi connectivity index (χ4v) is 3.83. The van der Waals surface area contributed by atoms with Gasteiger partial charge in [0.05, 0.1) is 7.11 Å². The van der Waals surface area contributed by atoms with Crippen LogP contribution < -0.4 is 9.47 Å². The van der Waals surface area contributed by atoms with Crippen molar-refractivity contribution in [3.05, 3.63) is 130 Å². The van der Waals surface area contributed by atoms with Gasteiger partial charge in [-0.05, 0) is 53.6 Å². The molecule has 34 heavy (non-hydrogen) atoms. The number of nitrogens with zero attached hydrogens (tertiary/aromatic N) is 1. The maximum atomic E-state index is 13.6. The standard InChI is InChI=1S/C29H26ClNO3/c1-33-28-17-12-24(18-25(28)21-34-27-15-13-26(30)14-16-27)29(32)31(19-22-8-4-2-5-9-22)20-23-10-6-3-7-11-23/h2-18H,19-21H2,1H3. The highest BCUT2D eigenvalue weighted by Crippen LogP contribution is 2.25. The van der Waals surface area contributed by atoms with Crippen LogP contribution in [0.4, 0.5) is 0 Å². The molecule has 0 unspecified atom stereocenters. The molecule has 0 aliphatic rings. The Morgan fingerprint density at radius 1 is 0.794 bits per heavy atom. The molecule has 0 spiro atoms. The summed E-state index contributed by atoms with van der Waals surface area (Å²) >= 11 is 5.96. The number of rotatable bonds is 9. The number of hydrogen-bond acceptors (Lipinski definition) is 3. The summed E-state index contributed by atoms with van der Waals surface area (Å²) in [5.74, 6) is 1.31. The lowest BCUT2D eigenvalue weighted by atomic mass is 10.1. The molecule has 4 aromatic carbocycles. The maximum absolute atomic E-state index is 13.6. The van der Waals surface area contributed by atoms with Crippen LogP contribution in [0.15, 0.2) is 103 Å². The molecule has 0 radical (unpaired) electrons. The van der Waals surface area contributed by atoms with Crippen LogP contribution in [0.2, 0.25) is 5.02 Å². The fraction of sp³-hybridized carbons (Fsp3) is 0.138. The van der Waals surface area contributed by atoms with E-state index in [9.17, 15) is 4.79 Å². The highest BCUT2D eigenvalue weighted by molar-refractivity contribution is 6.30. The van der Waals surface area contributed by atoms with Crippen molar-refractivity contribution in [3.8, 4) is 11.5 Å². The number of amides is 1. The average molecular weight is 472 g/mol. The molecule has 0 fully saturated rings. The molecule has 0 aliphatic carbocycles. The van der Waals surface area contributed by atoms with E-state index in [1.54, 1.807) is 25.3 Å². The minimum absolute atomic E-state index is 0.0527. The zero-order valence-corrected chi connectivity index (χ0v) is 19.7. The lowest BCUT2D eigenvalue weighted by molar-refractivity contribution is 0.0730. The van der Waals surface area contributed by atoms with Crippen LogP contribution in [0, 0.1) is 0 Å². The first kappa shape index (κ1) is 23.4. The summed E-state index contributed by atoms with van der Waals surface area (Å²) in [4.78, 5) is 15.5. The van der Waals surface area contributed by atoms with Crippen LogP contribution in [0.5, 0.6) is 11.5 Å². The largest absolute Gasteiger partial charge is 0.496 e. The molecule has 5 heteroatoms. The van der Waals surface area contributed by atoms with Crippen molar-refractivity contribution in [3.63, 3.8) is 0 Å². The minimum atomic E-state index is -0.0527. The third-order valence-electron chi connectivity index (χ3n) is 5.46. The predicted octanol–water partition coefficient (Wildman–Crippen LogP) is 6.77. The molecule has 0 aliphatic heterocycles. The van der Waals surface area contributed by atoms with Crippen molar-refractivity contribution < 1.29 is 14.3 Å². The number of methoxy groups -OCH3 is 1. The first-order valence-electron chi connectivity index (χ1n) is 11.0. The summed E-state index contributed by atoms with van der Waals surface area (Å²) in [7, 11) is 1.61. The summed E-state index contributed by atoms with van der Waals surface area (Å²) < 4.78 is 11.4. The first-order valence-corrected chi connectivity index (χ1v) is 11.4. The lowest BCUT2D eigenvalue weighted by Gasteiger charge is -2.24. The monoisotopic (exact) mass is 471 g/mol. The second kappa shape index (κ2) is 11.4. The molecule has 0 saturated carbocycles. The Morgan fingerprint density at radius 2 is 1.38 bits per heavy atom. The van der Waals surface area contributed by atoms with E-state index in [1.807, 2.05) is 89.8 Å². The van der Waals surface area contributed by atoms with Crippen molar-refractivity contribution in [2.45, 2.75) is 19.7 Å². The number of carbonyl (C=O) groups is 1. The minimum Gasteiger partial charge on any atom is -0.496 e. The van der Waals surface area contributed by atoms with E-state index in [0.717, 1.165) is 16.7 Å². The van der Waals surface area contributed by atoms with E-state index >= 15 is 0 Å². The third-order valence-corrected chi connectivity index (χ3v) is 5.71. The maximum Gasteiger partial charge on any atom is 0.254 e. The van der Waals surface area contributed by atoms with E-state index in [-0.39, 0.29) is 12.5 Å². The molecule has 0 heterocycles. The first-order chi connectivity index (χ1) is 16.6. The Balaban J connectivity index is 1.58. The van der Waals surface area contributed by atoms with Crippen LogP contribution in [-0.4, -0.2) is 17.9 Å². The highest BCUT2D eigenvalue weighted by atomic mass is 35.5. The van der Waals surface area contributed by atoms with Gasteiger partial charge in [0.25, 0.3) is 5.91 Å². The second-order valence-electron chi connectivity index (χ2n) is 7.90. The molecule has 4 nitrogen and oxygen atoms in total. The van der Waals surface area contributed by atoms with Gasteiger partial charge >= 0.3 is 0 Å². The zero-order chi connectivity index (χ0) is 23.8. The fourth-order valence-electron chi connectivity index (χ4n) is 3.71. The van der Waals surface area contributed by atoms with Crippen LogP contribution in [0.1, 0.15) is 27.0 Å². The third kappa shape index (κ3) is 6.18. The molecule has 0 saturated heterocycles. The van der Waals surface area contributed by atoms with Crippen LogP contribution in [0.3, 0.4) is 0 Å². The zero-order valence-electron chi connectivity index (χ0n) is 19.0. The quantitative estimate of drug-likeness (QED) is 0.270. The molecule has 0 atom stereocenters. The van der Waals surface area contributed by atoms with Gasteiger partial charge in [-0.2, -0.15) is 0 Å². The normalized spacial score (nSPS) is 10.5. The molecule has 1 amide bonds. The Bertz CT molecular complexity index is 1170. The number of hydrogen-bond donors (Lipinski definition) is 0. The number of carbonyl (C=O) groups excluding carboxylic acids is 1. The summed E-state index contributed by atoms with van der Waals surface area (Å²) in [6.45, 7) is 1.29. The van der Waals surface area contributed by atoms with Gasteiger partial charge in [0, 0.05) is 29.2 Å². The molecule has 0 aromatic heterocycles. The van der Waals surface area contributed by atoms with Crippen molar-refractivity contribution >= 4 is 17.5 Å². The van der Waals surface area contributed by atoms with Gasteiger partial charge < -0.3 is 14.4 Å². The number of halogens is 1. The SMILES string of the molecule is COc1ccc(C(=O)N(Cc2ccccc2)Cc2ccccc2)cc1COc1ccc(Cl)cc1. The van der Waals surface area contributed by atoms with Crippen molar-refractivity contribution in [2.75, 3.05) is 7.11 Å². The van der Waals surface area contributed by atoms with Gasteiger partial charge in [-0.15, -0.1) is 0 Å². The molecule has 4 rings (SSSR count).